The number of nitrogen functional groups attached to an aromatic ring is 1. The Morgan fingerprint density at radius 2 is 2.37 bits per heavy atom. The normalized spacial score (nSPS) is 9.89. The van der Waals surface area contributed by atoms with Crippen LogP contribution >= 0.6 is 15.9 Å². The van der Waals surface area contributed by atoms with Gasteiger partial charge >= 0.3 is 0 Å². The number of aromatic nitrogens is 2. The molecule has 0 radical (unpaired) electrons. The van der Waals surface area contributed by atoms with Gasteiger partial charge in [0.05, 0.1) is 29.2 Å². The Hall–Kier alpha value is -2.33. The summed E-state index contributed by atoms with van der Waals surface area (Å²) in [5.41, 5.74) is 7.14. The van der Waals surface area contributed by atoms with Crippen LogP contribution in [0.1, 0.15) is 5.56 Å². The number of nitrogens with one attached hydrogen (secondary N) is 1. The molecule has 6 nitrogen and oxygen atoms in total. The van der Waals surface area contributed by atoms with Gasteiger partial charge in [-0.2, -0.15) is 10.4 Å². The fraction of sp³-hybridized carbons (Fsp3) is 0.0833. The van der Waals surface area contributed by atoms with E-state index < -0.39 is 0 Å². The van der Waals surface area contributed by atoms with Gasteiger partial charge in [0.15, 0.2) is 0 Å². The monoisotopic (exact) mass is 319 g/mol. The molecule has 0 unspecified atom stereocenters. The number of rotatable bonds is 3. The third-order valence-electron chi connectivity index (χ3n) is 2.33. The van der Waals surface area contributed by atoms with E-state index >= 15 is 0 Å². The number of hydrogen-bond donors (Lipinski definition) is 2. The van der Waals surface area contributed by atoms with Gasteiger partial charge in [0.2, 0.25) is 5.91 Å². The Morgan fingerprint density at radius 1 is 1.58 bits per heavy atom. The summed E-state index contributed by atoms with van der Waals surface area (Å²) in [6.07, 6.45) is 3.05. The molecule has 0 saturated carbocycles. The van der Waals surface area contributed by atoms with Gasteiger partial charge in [0.1, 0.15) is 6.54 Å². The molecule has 96 valence electrons. The van der Waals surface area contributed by atoms with Gasteiger partial charge in [-0.05, 0) is 34.1 Å². The Labute approximate surface area is 118 Å². The van der Waals surface area contributed by atoms with Gasteiger partial charge in [-0.1, -0.05) is 0 Å². The molecule has 0 saturated heterocycles. The standard InChI is InChI=1S/C12H10BrN5O/c13-10-3-8(4-14)1-2-11(10)17-12(19)7-18-6-9(15)5-16-18/h1-3,5-6H,7,15H2,(H,17,19). The molecule has 0 bridgehead atoms. The van der Waals surface area contributed by atoms with Crippen LogP contribution in [0, 0.1) is 11.3 Å². The molecule has 1 amide bonds. The van der Waals surface area contributed by atoms with Gasteiger partial charge in [-0.3, -0.25) is 9.48 Å². The summed E-state index contributed by atoms with van der Waals surface area (Å²) in [6, 6.07) is 6.96. The summed E-state index contributed by atoms with van der Waals surface area (Å²) >= 11 is 3.30. The predicted octanol–water partition coefficient (Wildman–Crippen LogP) is 1.74. The first-order valence-corrected chi connectivity index (χ1v) is 6.15. The highest BCUT2D eigenvalue weighted by atomic mass is 79.9. The number of anilines is 2. The summed E-state index contributed by atoms with van der Waals surface area (Å²) in [4.78, 5) is 11.8. The molecule has 1 aromatic heterocycles. The average Bonchev–Trinajstić information content (AvgIpc) is 2.77. The van der Waals surface area contributed by atoms with Crippen LogP contribution in [0.5, 0.6) is 0 Å². The topological polar surface area (TPSA) is 96.7 Å². The molecular formula is C12H10BrN5O. The molecule has 7 heteroatoms. The van der Waals surface area contributed by atoms with Gasteiger partial charge < -0.3 is 11.1 Å². The van der Waals surface area contributed by atoms with Crippen molar-refractivity contribution in [2.45, 2.75) is 6.54 Å². The Morgan fingerprint density at radius 3 is 2.95 bits per heavy atom. The maximum absolute atomic E-state index is 11.8. The number of nitrogens with two attached hydrogens (primary N) is 1. The van der Waals surface area contributed by atoms with Crippen molar-refractivity contribution in [3.63, 3.8) is 0 Å². The first-order valence-electron chi connectivity index (χ1n) is 5.36. The van der Waals surface area contributed by atoms with E-state index in [0.717, 1.165) is 0 Å². The molecule has 2 aromatic rings. The molecule has 0 spiro atoms. The van der Waals surface area contributed by atoms with E-state index in [-0.39, 0.29) is 12.5 Å². The SMILES string of the molecule is N#Cc1ccc(NC(=O)Cn2cc(N)cn2)c(Br)c1. The number of nitriles is 1. The number of halogens is 1. The lowest BCUT2D eigenvalue weighted by atomic mass is 10.2. The van der Waals surface area contributed by atoms with Crippen LogP contribution in [0.3, 0.4) is 0 Å². The highest BCUT2D eigenvalue weighted by molar-refractivity contribution is 9.10. The zero-order valence-corrected chi connectivity index (χ0v) is 11.4. The third kappa shape index (κ3) is 3.33. The summed E-state index contributed by atoms with van der Waals surface area (Å²) in [7, 11) is 0. The van der Waals surface area contributed by atoms with E-state index in [9.17, 15) is 4.79 Å². The van der Waals surface area contributed by atoms with E-state index in [1.165, 1.54) is 10.9 Å². The van der Waals surface area contributed by atoms with Crippen LogP contribution in [0.4, 0.5) is 11.4 Å². The second-order valence-electron chi connectivity index (χ2n) is 3.83. The van der Waals surface area contributed by atoms with Crippen molar-refractivity contribution in [1.82, 2.24) is 9.78 Å². The van der Waals surface area contributed by atoms with Crippen LogP contribution in [-0.4, -0.2) is 15.7 Å². The minimum Gasteiger partial charge on any atom is -0.396 e. The van der Waals surface area contributed by atoms with Crippen molar-refractivity contribution in [1.29, 1.82) is 5.26 Å². The fourth-order valence-corrected chi connectivity index (χ4v) is 1.97. The molecule has 1 heterocycles. The molecule has 1 aromatic carbocycles. The third-order valence-corrected chi connectivity index (χ3v) is 2.99. The van der Waals surface area contributed by atoms with Crippen molar-refractivity contribution in [3.8, 4) is 6.07 Å². The highest BCUT2D eigenvalue weighted by Gasteiger charge is 2.07. The predicted molar refractivity (Wildman–Crippen MR) is 74.1 cm³/mol. The molecule has 0 atom stereocenters. The van der Waals surface area contributed by atoms with Crippen molar-refractivity contribution in [2.75, 3.05) is 11.1 Å². The smallest absolute Gasteiger partial charge is 0.246 e. The van der Waals surface area contributed by atoms with Crippen molar-refractivity contribution >= 4 is 33.2 Å². The number of amides is 1. The Bertz CT molecular complexity index is 658. The van der Waals surface area contributed by atoms with Gasteiger partial charge in [-0.25, -0.2) is 0 Å². The zero-order valence-electron chi connectivity index (χ0n) is 9.80. The van der Waals surface area contributed by atoms with Crippen LogP contribution in [-0.2, 0) is 11.3 Å². The number of carbonyl (C=O) groups excluding carboxylic acids is 1. The summed E-state index contributed by atoms with van der Waals surface area (Å²) in [5, 5.41) is 15.4. The first kappa shape index (κ1) is 13.1. The number of carbonyl (C=O) groups is 1. The zero-order chi connectivity index (χ0) is 13.8. The van der Waals surface area contributed by atoms with E-state index in [2.05, 4.69) is 26.3 Å². The Balaban J connectivity index is 2.05. The van der Waals surface area contributed by atoms with Crippen molar-refractivity contribution in [2.24, 2.45) is 0 Å². The van der Waals surface area contributed by atoms with Crippen LogP contribution in [0.15, 0.2) is 35.1 Å². The number of hydrogen-bond acceptors (Lipinski definition) is 4. The van der Waals surface area contributed by atoms with Crippen LogP contribution in [0.25, 0.3) is 0 Å². The minimum atomic E-state index is -0.228. The highest BCUT2D eigenvalue weighted by Crippen LogP contribution is 2.23. The number of nitrogens with zero attached hydrogens (tertiary/aromatic N) is 3. The molecule has 0 aliphatic rings. The lowest BCUT2D eigenvalue weighted by molar-refractivity contribution is -0.116. The quantitative estimate of drug-likeness (QED) is 0.900. The Kier molecular flexibility index (Phi) is 3.82. The lowest BCUT2D eigenvalue weighted by Crippen LogP contribution is -2.19. The molecule has 0 aliphatic carbocycles. The second kappa shape index (κ2) is 5.54. The largest absolute Gasteiger partial charge is 0.396 e. The first-order chi connectivity index (χ1) is 9.08. The van der Waals surface area contributed by atoms with E-state index in [1.807, 2.05) is 6.07 Å². The van der Waals surface area contributed by atoms with Gasteiger partial charge in [0.25, 0.3) is 0 Å². The van der Waals surface area contributed by atoms with Crippen LogP contribution in [0.2, 0.25) is 0 Å². The van der Waals surface area contributed by atoms with Gasteiger partial charge in [0, 0.05) is 10.7 Å². The molecule has 3 N–H and O–H groups in total. The van der Waals surface area contributed by atoms with Crippen LogP contribution < -0.4 is 11.1 Å². The van der Waals surface area contributed by atoms with E-state index in [0.29, 0.717) is 21.4 Å². The summed E-state index contributed by atoms with van der Waals surface area (Å²) in [5.74, 6) is -0.228. The maximum atomic E-state index is 11.8. The minimum absolute atomic E-state index is 0.0731. The molecule has 19 heavy (non-hydrogen) atoms. The van der Waals surface area contributed by atoms with E-state index in [1.54, 1.807) is 24.4 Å². The summed E-state index contributed by atoms with van der Waals surface area (Å²) in [6.45, 7) is 0.0731. The molecule has 2 rings (SSSR count). The molecular weight excluding hydrogens is 310 g/mol. The van der Waals surface area contributed by atoms with Gasteiger partial charge in [-0.15, -0.1) is 0 Å². The fourth-order valence-electron chi connectivity index (χ4n) is 1.49. The summed E-state index contributed by atoms with van der Waals surface area (Å²) < 4.78 is 2.10. The maximum Gasteiger partial charge on any atom is 0.246 e. The number of benzene rings is 1. The molecule has 0 aliphatic heterocycles. The second-order valence-corrected chi connectivity index (χ2v) is 4.68. The van der Waals surface area contributed by atoms with Crippen molar-refractivity contribution in [3.05, 3.63) is 40.6 Å². The molecule has 0 fully saturated rings. The van der Waals surface area contributed by atoms with Crippen molar-refractivity contribution < 1.29 is 4.79 Å². The van der Waals surface area contributed by atoms with E-state index in [4.69, 9.17) is 11.0 Å². The lowest BCUT2D eigenvalue weighted by Gasteiger charge is -2.07. The average molecular weight is 320 g/mol.